The zero-order chi connectivity index (χ0) is 15.0. The molecule has 118 valence electrons. The van der Waals surface area contributed by atoms with Crippen molar-refractivity contribution in [1.82, 2.24) is 9.80 Å². The number of carbonyl (C=O) groups excluding carboxylic acids is 1. The van der Waals surface area contributed by atoms with Crippen molar-refractivity contribution >= 4 is 12.0 Å². The average molecular weight is 294 g/mol. The lowest BCUT2D eigenvalue weighted by Crippen LogP contribution is -2.59. The minimum absolute atomic E-state index is 0.0226. The Balaban J connectivity index is 1.77. The topological polar surface area (TPSA) is 60.9 Å². The molecule has 4 atom stereocenters. The van der Waals surface area contributed by atoms with Crippen molar-refractivity contribution < 1.29 is 14.7 Å². The number of aliphatic carboxylic acids is 1. The number of nitrogens with zero attached hydrogens (tertiary/aromatic N) is 2. The molecule has 3 fully saturated rings. The average Bonchev–Trinajstić information content (AvgIpc) is 2.94. The fourth-order valence-electron chi connectivity index (χ4n) is 4.64. The number of carbonyl (C=O) groups is 2. The number of rotatable bonds is 1. The van der Waals surface area contributed by atoms with Crippen LogP contribution in [0.4, 0.5) is 4.79 Å². The highest BCUT2D eigenvalue weighted by molar-refractivity contribution is 5.83. The van der Waals surface area contributed by atoms with Gasteiger partial charge in [-0.25, -0.2) is 9.59 Å². The van der Waals surface area contributed by atoms with Gasteiger partial charge in [-0.1, -0.05) is 13.3 Å². The first-order chi connectivity index (χ1) is 10.1. The van der Waals surface area contributed by atoms with Gasteiger partial charge in [-0.3, -0.25) is 0 Å². The molecule has 3 aliphatic rings. The van der Waals surface area contributed by atoms with Gasteiger partial charge in [-0.2, -0.15) is 0 Å². The van der Waals surface area contributed by atoms with Gasteiger partial charge in [0.2, 0.25) is 0 Å². The fourth-order valence-corrected chi connectivity index (χ4v) is 4.64. The van der Waals surface area contributed by atoms with E-state index in [2.05, 4.69) is 0 Å². The second kappa shape index (κ2) is 5.85. The molecular formula is C16H26N2O3. The molecule has 4 unspecified atom stereocenters. The molecule has 0 aromatic rings. The maximum Gasteiger partial charge on any atom is 0.326 e. The van der Waals surface area contributed by atoms with Crippen molar-refractivity contribution in [2.75, 3.05) is 13.1 Å². The molecule has 0 aromatic carbocycles. The summed E-state index contributed by atoms with van der Waals surface area (Å²) in [6, 6.07) is -0.309. The third-order valence-corrected chi connectivity index (χ3v) is 5.67. The van der Waals surface area contributed by atoms with Crippen LogP contribution >= 0.6 is 0 Å². The SMILES string of the molecule is CC1CCCN(C(=O)N2CCCC3CCCC32)C1C(=O)O. The lowest BCUT2D eigenvalue weighted by atomic mass is 9.90. The number of amides is 2. The number of hydrogen-bond acceptors (Lipinski definition) is 2. The molecule has 1 saturated carbocycles. The van der Waals surface area contributed by atoms with E-state index in [0.717, 1.165) is 32.2 Å². The highest BCUT2D eigenvalue weighted by atomic mass is 16.4. The zero-order valence-corrected chi connectivity index (χ0v) is 12.8. The molecule has 2 aliphatic heterocycles. The number of likely N-dealkylation sites (tertiary alicyclic amines) is 2. The Morgan fingerprint density at radius 3 is 2.38 bits per heavy atom. The number of carboxylic acid groups (broad SMARTS) is 1. The third-order valence-electron chi connectivity index (χ3n) is 5.67. The van der Waals surface area contributed by atoms with E-state index >= 15 is 0 Å². The quantitative estimate of drug-likeness (QED) is 0.808. The smallest absolute Gasteiger partial charge is 0.326 e. The van der Waals surface area contributed by atoms with Crippen LogP contribution in [0.15, 0.2) is 0 Å². The summed E-state index contributed by atoms with van der Waals surface area (Å²) in [5, 5.41) is 9.50. The lowest BCUT2D eigenvalue weighted by molar-refractivity contribution is -0.145. The van der Waals surface area contributed by atoms with Gasteiger partial charge in [0.05, 0.1) is 0 Å². The van der Waals surface area contributed by atoms with E-state index in [-0.39, 0.29) is 11.9 Å². The molecule has 1 aliphatic carbocycles. The van der Waals surface area contributed by atoms with Crippen molar-refractivity contribution in [1.29, 1.82) is 0 Å². The van der Waals surface area contributed by atoms with Crippen molar-refractivity contribution in [2.24, 2.45) is 11.8 Å². The van der Waals surface area contributed by atoms with Gasteiger partial charge in [0.1, 0.15) is 6.04 Å². The maximum absolute atomic E-state index is 12.9. The fraction of sp³-hybridized carbons (Fsp3) is 0.875. The van der Waals surface area contributed by atoms with Crippen LogP contribution < -0.4 is 0 Å². The molecular weight excluding hydrogens is 268 g/mol. The Morgan fingerprint density at radius 2 is 1.62 bits per heavy atom. The first-order valence-corrected chi connectivity index (χ1v) is 8.39. The first-order valence-electron chi connectivity index (χ1n) is 8.39. The van der Waals surface area contributed by atoms with Gasteiger partial charge < -0.3 is 14.9 Å². The maximum atomic E-state index is 12.9. The van der Waals surface area contributed by atoms with Crippen molar-refractivity contribution in [3.05, 3.63) is 0 Å². The first kappa shape index (κ1) is 14.7. The molecule has 2 saturated heterocycles. The second-order valence-electron chi connectivity index (χ2n) is 6.97. The van der Waals surface area contributed by atoms with E-state index in [1.807, 2.05) is 11.8 Å². The molecule has 0 bridgehead atoms. The summed E-state index contributed by atoms with van der Waals surface area (Å²) in [6.07, 6.45) is 7.63. The molecule has 1 N–H and O–H groups in total. The summed E-state index contributed by atoms with van der Waals surface area (Å²) in [4.78, 5) is 28.2. The number of urea groups is 1. The highest BCUT2D eigenvalue weighted by Crippen LogP contribution is 2.38. The van der Waals surface area contributed by atoms with Crippen molar-refractivity contribution in [2.45, 2.75) is 64.0 Å². The van der Waals surface area contributed by atoms with Gasteiger partial charge in [0.25, 0.3) is 0 Å². The Kier molecular flexibility index (Phi) is 4.09. The Labute approximate surface area is 126 Å². The van der Waals surface area contributed by atoms with Gasteiger partial charge in [-0.05, 0) is 50.4 Å². The number of piperidine rings is 2. The van der Waals surface area contributed by atoms with Crippen LogP contribution in [-0.2, 0) is 4.79 Å². The predicted molar refractivity (Wildman–Crippen MR) is 79.0 cm³/mol. The number of hydrogen-bond donors (Lipinski definition) is 1. The van der Waals surface area contributed by atoms with Gasteiger partial charge in [0.15, 0.2) is 0 Å². The summed E-state index contributed by atoms with van der Waals surface area (Å²) in [5.41, 5.74) is 0. The van der Waals surface area contributed by atoms with E-state index in [1.165, 1.54) is 19.3 Å². The molecule has 0 aromatic heterocycles. The van der Waals surface area contributed by atoms with Crippen LogP contribution in [-0.4, -0.2) is 52.1 Å². The normalized spacial score (nSPS) is 36.4. The standard InChI is InChI=1S/C16H26N2O3/c1-11-5-3-10-18(14(11)15(19)20)16(21)17-9-4-7-12-6-2-8-13(12)17/h11-14H,2-10H2,1H3,(H,19,20). The van der Waals surface area contributed by atoms with Crippen LogP contribution in [0.3, 0.4) is 0 Å². The summed E-state index contributed by atoms with van der Waals surface area (Å²) >= 11 is 0. The predicted octanol–water partition coefficient (Wildman–Crippen LogP) is 2.56. The van der Waals surface area contributed by atoms with E-state index in [0.29, 0.717) is 18.5 Å². The van der Waals surface area contributed by atoms with Crippen LogP contribution in [0, 0.1) is 11.8 Å². The largest absolute Gasteiger partial charge is 0.480 e. The third kappa shape index (κ3) is 2.62. The zero-order valence-electron chi connectivity index (χ0n) is 12.8. The van der Waals surface area contributed by atoms with E-state index in [9.17, 15) is 14.7 Å². The Hall–Kier alpha value is -1.26. The summed E-state index contributed by atoms with van der Waals surface area (Å²) in [6.45, 7) is 3.35. The van der Waals surface area contributed by atoms with Crippen LogP contribution in [0.5, 0.6) is 0 Å². The summed E-state index contributed by atoms with van der Waals surface area (Å²) < 4.78 is 0. The molecule has 3 rings (SSSR count). The molecule has 0 spiro atoms. The second-order valence-corrected chi connectivity index (χ2v) is 6.97. The molecule has 5 nitrogen and oxygen atoms in total. The molecule has 2 amide bonds. The van der Waals surface area contributed by atoms with E-state index in [4.69, 9.17) is 0 Å². The van der Waals surface area contributed by atoms with Crippen LogP contribution in [0.1, 0.15) is 51.9 Å². The summed E-state index contributed by atoms with van der Waals surface area (Å²) in [7, 11) is 0. The van der Waals surface area contributed by atoms with Gasteiger partial charge >= 0.3 is 12.0 Å². The highest BCUT2D eigenvalue weighted by Gasteiger charge is 2.43. The van der Waals surface area contributed by atoms with Crippen LogP contribution in [0.2, 0.25) is 0 Å². The minimum atomic E-state index is -0.851. The molecule has 0 radical (unpaired) electrons. The van der Waals surface area contributed by atoms with Crippen LogP contribution in [0.25, 0.3) is 0 Å². The molecule has 5 heteroatoms. The number of carboxylic acids is 1. The van der Waals surface area contributed by atoms with Gasteiger partial charge in [-0.15, -0.1) is 0 Å². The summed E-state index contributed by atoms with van der Waals surface area (Å²) in [5.74, 6) is -0.159. The molecule has 2 heterocycles. The monoisotopic (exact) mass is 294 g/mol. The van der Waals surface area contributed by atoms with E-state index in [1.54, 1.807) is 4.90 Å². The van der Waals surface area contributed by atoms with Gasteiger partial charge in [0, 0.05) is 19.1 Å². The minimum Gasteiger partial charge on any atom is -0.480 e. The Morgan fingerprint density at radius 1 is 0.952 bits per heavy atom. The molecule has 21 heavy (non-hydrogen) atoms. The van der Waals surface area contributed by atoms with Crippen molar-refractivity contribution in [3.8, 4) is 0 Å². The van der Waals surface area contributed by atoms with Crippen molar-refractivity contribution in [3.63, 3.8) is 0 Å². The number of fused-ring (bicyclic) bond motifs is 1. The lowest BCUT2D eigenvalue weighted by Gasteiger charge is -2.44. The van der Waals surface area contributed by atoms with E-state index < -0.39 is 12.0 Å². The Bertz CT molecular complexity index is 426.